The number of nitrogens with zero attached hydrogens (tertiary/aromatic N) is 2. The van der Waals surface area contributed by atoms with Gasteiger partial charge in [-0.2, -0.15) is 0 Å². The third kappa shape index (κ3) is 2.77. The van der Waals surface area contributed by atoms with E-state index in [1.807, 2.05) is 24.3 Å². The maximum absolute atomic E-state index is 14.1. The number of imidazole rings is 1. The molecule has 1 saturated heterocycles. The maximum atomic E-state index is 14.1. The average Bonchev–Trinajstić information content (AvgIpc) is 3.13. The summed E-state index contributed by atoms with van der Waals surface area (Å²) in [5.41, 5.74) is 4.14. The van der Waals surface area contributed by atoms with Crippen LogP contribution in [0.1, 0.15) is 24.3 Å². The molecule has 2 aromatic carbocycles. The van der Waals surface area contributed by atoms with Crippen LogP contribution in [0, 0.1) is 11.6 Å². The van der Waals surface area contributed by atoms with E-state index in [4.69, 9.17) is 4.98 Å². The molecule has 0 unspecified atom stereocenters. The van der Waals surface area contributed by atoms with Crippen LogP contribution >= 0.6 is 0 Å². The second kappa shape index (κ2) is 6.39. The number of halogens is 2. The van der Waals surface area contributed by atoms with Crippen LogP contribution in [-0.4, -0.2) is 28.0 Å². The zero-order valence-corrected chi connectivity index (χ0v) is 14.6. The molecule has 0 saturated carbocycles. The second-order valence-electron chi connectivity index (χ2n) is 7.00. The van der Waals surface area contributed by atoms with Crippen molar-refractivity contribution < 1.29 is 8.78 Å². The number of nitrogens with one attached hydrogen (secondary N) is 2. The molecule has 1 fully saturated rings. The zero-order valence-electron chi connectivity index (χ0n) is 14.6. The van der Waals surface area contributed by atoms with Crippen molar-refractivity contribution in [3.63, 3.8) is 0 Å². The van der Waals surface area contributed by atoms with Crippen LogP contribution < -0.4 is 5.32 Å². The molecule has 0 amide bonds. The van der Waals surface area contributed by atoms with E-state index in [0.29, 0.717) is 16.7 Å². The minimum atomic E-state index is -0.872. The quantitative estimate of drug-likeness (QED) is 0.550. The van der Waals surface area contributed by atoms with Crippen molar-refractivity contribution in [1.82, 2.24) is 20.3 Å². The van der Waals surface area contributed by atoms with Crippen LogP contribution in [0.4, 0.5) is 8.78 Å². The van der Waals surface area contributed by atoms with Gasteiger partial charge in [0, 0.05) is 23.2 Å². The highest BCUT2D eigenvalue weighted by molar-refractivity contribution is 5.90. The molecule has 136 valence electrons. The lowest BCUT2D eigenvalue weighted by Crippen LogP contribution is -2.27. The van der Waals surface area contributed by atoms with Gasteiger partial charge in [0.25, 0.3) is 0 Å². The van der Waals surface area contributed by atoms with Gasteiger partial charge in [-0.3, -0.25) is 4.98 Å². The topological polar surface area (TPSA) is 53.6 Å². The summed E-state index contributed by atoms with van der Waals surface area (Å²) in [6.07, 6.45) is 3.60. The van der Waals surface area contributed by atoms with Crippen LogP contribution in [0.2, 0.25) is 0 Å². The Morgan fingerprint density at radius 1 is 0.963 bits per heavy atom. The summed E-state index contributed by atoms with van der Waals surface area (Å²) in [4.78, 5) is 12.5. The fourth-order valence-electron chi connectivity index (χ4n) is 4.03. The Kier molecular flexibility index (Phi) is 3.86. The lowest BCUT2D eigenvalue weighted by atomic mass is 9.85. The Morgan fingerprint density at radius 3 is 2.56 bits per heavy atom. The summed E-state index contributed by atoms with van der Waals surface area (Å²) in [7, 11) is 0. The molecule has 4 nitrogen and oxygen atoms in total. The number of H-pyrrole nitrogens is 1. The highest BCUT2D eigenvalue weighted by atomic mass is 19.2. The Balaban J connectivity index is 1.78. The lowest BCUT2D eigenvalue weighted by molar-refractivity contribution is 0.462. The first-order chi connectivity index (χ1) is 13.2. The van der Waals surface area contributed by atoms with Crippen molar-refractivity contribution in [1.29, 1.82) is 0 Å². The first-order valence-corrected chi connectivity index (χ1v) is 9.14. The van der Waals surface area contributed by atoms with E-state index >= 15 is 0 Å². The van der Waals surface area contributed by atoms with Crippen molar-refractivity contribution in [2.45, 2.75) is 18.8 Å². The van der Waals surface area contributed by atoms with Gasteiger partial charge in [-0.1, -0.05) is 12.1 Å². The van der Waals surface area contributed by atoms with Crippen LogP contribution in [0.3, 0.4) is 0 Å². The highest BCUT2D eigenvalue weighted by Gasteiger charge is 2.24. The molecule has 6 heteroatoms. The largest absolute Gasteiger partial charge is 0.338 e. The van der Waals surface area contributed by atoms with Crippen LogP contribution in [0.25, 0.3) is 33.3 Å². The van der Waals surface area contributed by atoms with Crippen molar-refractivity contribution in [3.05, 3.63) is 59.8 Å². The van der Waals surface area contributed by atoms with Crippen molar-refractivity contribution in [2.75, 3.05) is 13.1 Å². The van der Waals surface area contributed by atoms with Crippen LogP contribution in [-0.2, 0) is 0 Å². The molecule has 0 radical (unpaired) electrons. The highest BCUT2D eigenvalue weighted by Crippen LogP contribution is 2.38. The Morgan fingerprint density at radius 2 is 1.74 bits per heavy atom. The predicted octanol–water partition coefficient (Wildman–Crippen LogP) is 4.52. The Bertz CT molecular complexity index is 1110. The molecule has 5 rings (SSSR count). The number of aromatic amines is 1. The van der Waals surface area contributed by atoms with Crippen molar-refractivity contribution >= 4 is 21.9 Å². The molecule has 0 spiro atoms. The summed E-state index contributed by atoms with van der Waals surface area (Å²) in [5.74, 6) is -0.766. The van der Waals surface area contributed by atoms with E-state index in [1.54, 1.807) is 6.20 Å². The van der Waals surface area contributed by atoms with Crippen molar-refractivity contribution in [3.8, 4) is 11.4 Å². The molecule has 3 heterocycles. The van der Waals surface area contributed by atoms with Crippen molar-refractivity contribution in [2.24, 2.45) is 0 Å². The number of hydrogen-bond donors (Lipinski definition) is 2. The van der Waals surface area contributed by atoms with Gasteiger partial charge in [-0.05, 0) is 55.6 Å². The maximum Gasteiger partial charge on any atom is 0.161 e. The van der Waals surface area contributed by atoms with Gasteiger partial charge >= 0.3 is 0 Å². The molecule has 0 bridgehead atoms. The van der Waals surface area contributed by atoms with Gasteiger partial charge in [-0.25, -0.2) is 13.8 Å². The predicted molar refractivity (Wildman–Crippen MR) is 102 cm³/mol. The Hall–Kier alpha value is -2.86. The molecule has 1 aliphatic heterocycles. The number of fused-ring (bicyclic) bond motifs is 2. The number of pyridine rings is 1. The van der Waals surface area contributed by atoms with Gasteiger partial charge in [-0.15, -0.1) is 0 Å². The minimum absolute atomic E-state index is 0.241. The van der Waals surface area contributed by atoms with Gasteiger partial charge < -0.3 is 10.3 Å². The van der Waals surface area contributed by atoms with Gasteiger partial charge in [0.05, 0.1) is 16.6 Å². The summed E-state index contributed by atoms with van der Waals surface area (Å²) in [5, 5.41) is 4.03. The van der Waals surface area contributed by atoms with E-state index in [1.165, 1.54) is 12.1 Å². The van der Waals surface area contributed by atoms with E-state index in [9.17, 15) is 8.78 Å². The monoisotopic (exact) mass is 364 g/mol. The second-order valence-corrected chi connectivity index (χ2v) is 7.00. The number of hydrogen-bond acceptors (Lipinski definition) is 3. The SMILES string of the molecule is Fc1cc2ncc(-c3nc4ccccc4[nH]3)c(C3CCNCC3)c2cc1F. The van der Waals surface area contributed by atoms with Gasteiger partial charge in [0.1, 0.15) is 5.82 Å². The van der Waals surface area contributed by atoms with Crippen LogP contribution in [0.15, 0.2) is 42.6 Å². The molecule has 0 aliphatic carbocycles. The number of piperidine rings is 1. The molecule has 2 N–H and O–H groups in total. The molecule has 0 atom stereocenters. The van der Waals surface area contributed by atoms with E-state index in [2.05, 4.69) is 15.3 Å². The van der Waals surface area contributed by atoms with Gasteiger partial charge in [0.2, 0.25) is 0 Å². The van der Waals surface area contributed by atoms with Crippen LogP contribution in [0.5, 0.6) is 0 Å². The Labute approximate surface area is 154 Å². The number of benzene rings is 2. The lowest BCUT2D eigenvalue weighted by Gasteiger charge is -2.26. The normalized spacial score (nSPS) is 15.6. The summed E-state index contributed by atoms with van der Waals surface area (Å²) in [6.45, 7) is 1.80. The molecule has 1 aliphatic rings. The zero-order chi connectivity index (χ0) is 18.4. The van der Waals surface area contributed by atoms with E-state index in [0.717, 1.165) is 48.1 Å². The fourth-order valence-corrected chi connectivity index (χ4v) is 4.03. The smallest absolute Gasteiger partial charge is 0.161 e. The minimum Gasteiger partial charge on any atom is -0.338 e. The number of rotatable bonds is 2. The third-order valence-electron chi connectivity index (χ3n) is 5.34. The molecule has 4 aromatic rings. The number of aromatic nitrogens is 3. The first kappa shape index (κ1) is 16.3. The standard InChI is InChI=1S/C21H18F2N4/c22-15-9-13-19(10-16(15)23)25-11-14(20(13)12-5-7-24-8-6-12)21-26-17-3-1-2-4-18(17)27-21/h1-4,9-12,24H,5-8H2,(H,26,27). The molecule has 27 heavy (non-hydrogen) atoms. The third-order valence-corrected chi connectivity index (χ3v) is 5.34. The first-order valence-electron chi connectivity index (χ1n) is 9.14. The number of para-hydroxylation sites is 2. The summed E-state index contributed by atoms with van der Waals surface area (Å²) >= 11 is 0. The van der Waals surface area contributed by atoms with E-state index < -0.39 is 11.6 Å². The summed E-state index contributed by atoms with van der Waals surface area (Å²) < 4.78 is 27.8. The molecule has 2 aromatic heterocycles. The van der Waals surface area contributed by atoms with E-state index in [-0.39, 0.29) is 5.92 Å². The average molecular weight is 364 g/mol. The fraction of sp³-hybridized carbons (Fsp3) is 0.238. The van der Waals surface area contributed by atoms with Gasteiger partial charge in [0.15, 0.2) is 11.6 Å². The molecular weight excluding hydrogens is 346 g/mol. The molecular formula is C21H18F2N4. The summed E-state index contributed by atoms with van der Waals surface area (Å²) in [6, 6.07) is 10.3.